The van der Waals surface area contributed by atoms with Crippen molar-refractivity contribution in [2.45, 2.75) is 39.5 Å². The van der Waals surface area contributed by atoms with Crippen LogP contribution in [0.4, 0.5) is 0 Å². The van der Waals surface area contributed by atoms with Gasteiger partial charge < -0.3 is 5.32 Å². The zero-order valence-corrected chi connectivity index (χ0v) is 10.5. The highest BCUT2D eigenvalue weighted by Gasteiger charge is 2.36. The average molecular weight is 224 g/mol. The molecule has 1 heterocycles. The van der Waals surface area contributed by atoms with Gasteiger partial charge in [-0.3, -0.25) is 0 Å². The second-order valence-electron chi connectivity index (χ2n) is 4.66. The average Bonchev–Trinajstić information content (AvgIpc) is 2.56. The number of rotatable bonds is 5. The summed E-state index contributed by atoms with van der Waals surface area (Å²) in [5.41, 5.74) is 0.551. The molecular formula is C12H20N2S. The van der Waals surface area contributed by atoms with Gasteiger partial charge in [-0.2, -0.15) is 0 Å². The summed E-state index contributed by atoms with van der Waals surface area (Å²) < 4.78 is 0. The van der Waals surface area contributed by atoms with Gasteiger partial charge >= 0.3 is 0 Å². The molecular weight excluding hydrogens is 204 g/mol. The van der Waals surface area contributed by atoms with E-state index in [1.54, 1.807) is 0 Å². The largest absolute Gasteiger partial charge is 0.316 e. The van der Waals surface area contributed by atoms with E-state index in [1.165, 1.54) is 42.1 Å². The minimum atomic E-state index is 0.551. The third-order valence-electron chi connectivity index (χ3n) is 3.38. The fraction of sp³-hybridized carbons (Fsp3) is 0.750. The van der Waals surface area contributed by atoms with Crippen molar-refractivity contribution < 1.29 is 0 Å². The maximum atomic E-state index is 4.34. The Labute approximate surface area is 96.1 Å². The second-order valence-corrected chi connectivity index (χ2v) is 5.98. The van der Waals surface area contributed by atoms with Crippen molar-refractivity contribution in [3.63, 3.8) is 0 Å². The highest BCUT2D eigenvalue weighted by molar-refractivity contribution is 7.11. The monoisotopic (exact) mass is 224 g/mol. The summed E-state index contributed by atoms with van der Waals surface area (Å²) in [5.74, 6) is 0. The molecule has 15 heavy (non-hydrogen) atoms. The van der Waals surface area contributed by atoms with E-state index in [0.717, 1.165) is 6.54 Å². The Morgan fingerprint density at radius 3 is 2.80 bits per heavy atom. The van der Waals surface area contributed by atoms with Gasteiger partial charge in [-0.1, -0.05) is 13.3 Å². The summed E-state index contributed by atoms with van der Waals surface area (Å²) in [6, 6.07) is 0. The van der Waals surface area contributed by atoms with Gasteiger partial charge in [0.25, 0.3) is 0 Å². The lowest BCUT2D eigenvalue weighted by atomic mass is 9.66. The fourth-order valence-corrected chi connectivity index (χ4v) is 3.31. The van der Waals surface area contributed by atoms with Crippen molar-refractivity contribution >= 4 is 11.3 Å². The van der Waals surface area contributed by atoms with Crippen molar-refractivity contribution in [1.29, 1.82) is 0 Å². The third-order valence-corrected chi connectivity index (χ3v) is 4.30. The maximum absolute atomic E-state index is 4.34. The first kappa shape index (κ1) is 11.1. The Hall–Kier alpha value is -0.410. The van der Waals surface area contributed by atoms with E-state index in [9.17, 15) is 0 Å². The Balaban J connectivity index is 1.95. The maximum Gasteiger partial charge on any atom is 0.0896 e. The highest BCUT2D eigenvalue weighted by Crippen LogP contribution is 2.43. The van der Waals surface area contributed by atoms with Crippen molar-refractivity contribution in [3.8, 4) is 0 Å². The predicted molar refractivity (Wildman–Crippen MR) is 65.4 cm³/mol. The zero-order chi connectivity index (χ0) is 10.7. The van der Waals surface area contributed by atoms with Gasteiger partial charge in [0.2, 0.25) is 0 Å². The lowest BCUT2D eigenvalue weighted by molar-refractivity contribution is 0.132. The fourth-order valence-electron chi connectivity index (χ4n) is 2.34. The number of thiazole rings is 1. The molecule has 2 nitrogen and oxygen atoms in total. The second kappa shape index (κ2) is 4.62. The topological polar surface area (TPSA) is 24.9 Å². The van der Waals surface area contributed by atoms with E-state index in [0.29, 0.717) is 5.41 Å². The smallest absolute Gasteiger partial charge is 0.0896 e. The van der Waals surface area contributed by atoms with Crippen LogP contribution in [-0.4, -0.2) is 18.1 Å². The zero-order valence-electron chi connectivity index (χ0n) is 9.68. The van der Waals surface area contributed by atoms with Crippen LogP contribution in [0.5, 0.6) is 0 Å². The Bertz CT molecular complexity index is 315. The molecule has 1 aliphatic carbocycles. The van der Waals surface area contributed by atoms with Crippen LogP contribution in [0, 0.1) is 12.3 Å². The highest BCUT2D eigenvalue weighted by atomic mass is 32.1. The van der Waals surface area contributed by atoms with Gasteiger partial charge in [0.1, 0.15) is 0 Å². The number of aryl methyl sites for hydroxylation is 1. The molecule has 1 N–H and O–H groups in total. The summed E-state index contributed by atoms with van der Waals surface area (Å²) in [4.78, 5) is 5.80. The minimum absolute atomic E-state index is 0.551. The lowest BCUT2D eigenvalue weighted by Gasteiger charge is -2.42. The van der Waals surface area contributed by atoms with Crippen molar-refractivity contribution in [3.05, 3.63) is 16.1 Å². The van der Waals surface area contributed by atoms with Gasteiger partial charge in [0.15, 0.2) is 0 Å². The van der Waals surface area contributed by atoms with E-state index < -0.39 is 0 Å². The molecule has 84 valence electrons. The third kappa shape index (κ3) is 2.58. The first-order valence-electron chi connectivity index (χ1n) is 5.86. The number of hydrogen-bond donors (Lipinski definition) is 1. The van der Waals surface area contributed by atoms with Gasteiger partial charge in [-0.15, -0.1) is 11.3 Å². The summed E-state index contributed by atoms with van der Waals surface area (Å²) in [5, 5.41) is 4.70. The molecule has 0 amide bonds. The molecule has 2 rings (SSSR count). The molecule has 1 aromatic rings. The molecule has 1 aliphatic rings. The van der Waals surface area contributed by atoms with Crippen molar-refractivity contribution in [2.75, 3.05) is 13.1 Å². The van der Waals surface area contributed by atoms with Crippen LogP contribution in [0.25, 0.3) is 0 Å². The van der Waals surface area contributed by atoms with Gasteiger partial charge in [0, 0.05) is 17.6 Å². The van der Waals surface area contributed by atoms with E-state index in [1.807, 2.05) is 11.3 Å². The minimum Gasteiger partial charge on any atom is -0.316 e. The molecule has 0 unspecified atom stereocenters. The Morgan fingerprint density at radius 2 is 2.33 bits per heavy atom. The molecule has 1 fully saturated rings. The van der Waals surface area contributed by atoms with Crippen LogP contribution in [-0.2, 0) is 6.42 Å². The molecule has 3 heteroatoms. The molecule has 0 atom stereocenters. The van der Waals surface area contributed by atoms with Crippen LogP contribution in [0.2, 0.25) is 0 Å². The number of nitrogens with one attached hydrogen (secondary N) is 1. The predicted octanol–water partition coefficient (Wildman–Crippen LogP) is 2.77. The van der Waals surface area contributed by atoms with Gasteiger partial charge in [-0.05, 0) is 38.1 Å². The molecule has 0 aliphatic heterocycles. The number of nitrogens with zero attached hydrogens (tertiary/aromatic N) is 1. The first-order chi connectivity index (χ1) is 7.24. The number of aromatic nitrogens is 1. The molecule has 0 spiro atoms. The summed E-state index contributed by atoms with van der Waals surface area (Å²) in [7, 11) is 0. The van der Waals surface area contributed by atoms with Crippen LogP contribution in [0.15, 0.2) is 6.20 Å². The summed E-state index contributed by atoms with van der Waals surface area (Å²) in [6.45, 7) is 6.54. The molecule has 1 saturated carbocycles. The SMILES string of the molecule is CCNCC1(Cc2cnc(C)s2)CCC1. The van der Waals surface area contributed by atoms with Crippen molar-refractivity contribution in [1.82, 2.24) is 10.3 Å². The molecule has 1 aromatic heterocycles. The van der Waals surface area contributed by atoms with E-state index >= 15 is 0 Å². The van der Waals surface area contributed by atoms with Crippen LogP contribution in [0.1, 0.15) is 36.1 Å². The van der Waals surface area contributed by atoms with Crippen molar-refractivity contribution in [2.24, 2.45) is 5.41 Å². The standard InChI is InChI=1S/C12H20N2S/c1-3-13-9-12(5-4-6-12)7-11-8-14-10(2)15-11/h8,13H,3-7,9H2,1-2H3. The molecule has 0 saturated heterocycles. The van der Waals surface area contributed by atoms with Crippen LogP contribution in [0.3, 0.4) is 0 Å². The Morgan fingerprint density at radius 1 is 1.53 bits per heavy atom. The van der Waals surface area contributed by atoms with Gasteiger partial charge in [0.05, 0.1) is 5.01 Å². The lowest BCUT2D eigenvalue weighted by Crippen LogP contribution is -2.41. The number of hydrogen-bond acceptors (Lipinski definition) is 3. The van der Waals surface area contributed by atoms with Gasteiger partial charge in [-0.25, -0.2) is 4.98 Å². The van der Waals surface area contributed by atoms with E-state index in [2.05, 4.69) is 30.3 Å². The van der Waals surface area contributed by atoms with Crippen LogP contribution >= 0.6 is 11.3 Å². The van der Waals surface area contributed by atoms with Crippen LogP contribution < -0.4 is 5.32 Å². The van der Waals surface area contributed by atoms with E-state index in [4.69, 9.17) is 0 Å². The molecule has 0 bridgehead atoms. The quantitative estimate of drug-likeness (QED) is 0.832. The summed E-state index contributed by atoms with van der Waals surface area (Å²) >= 11 is 1.86. The molecule has 0 radical (unpaired) electrons. The first-order valence-corrected chi connectivity index (χ1v) is 6.68. The Kier molecular flexibility index (Phi) is 3.42. The normalized spacial score (nSPS) is 18.8. The summed E-state index contributed by atoms with van der Waals surface area (Å²) in [6.07, 6.45) is 7.47. The molecule has 0 aromatic carbocycles. The van der Waals surface area contributed by atoms with E-state index in [-0.39, 0.29) is 0 Å².